The zero-order chi connectivity index (χ0) is 27.9. The molecule has 0 unspecified atom stereocenters. The lowest BCUT2D eigenvalue weighted by molar-refractivity contribution is 0.0425. The summed E-state index contributed by atoms with van der Waals surface area (Å²) < 4.78 is 6.97. The van der Waals surface area contributed by atoms with Crippen LogP contribution in [0.15, 0.2) is 30.3 Å². The third-order valence-corrected chi connectivity index (χ3v) is 6.58. The van der Waals surface area contributed by atoms with Gasteiger partial charge in [-0.1, -0.05) is 37.3 Å². The van der Waals surface area contributed by atoms with Crippen molar-refractivity contribution in [2.75, 3.05) is 33.4 Å². The third kappa shape index (κ3) is 8.01. The number of nitrogens with one attached hydrogen (secondary N) is 1. The SMILES string of the molecule is COCCCCc1c(C(=O)N(CC(C)C)[C@H]2C[C@@H](NC(C)(C)C)CN(C(=O)O)C2)nnn1-c1ccccc1. The number of hydrogen-bond acceptors (Lipinski definition) is 6. The highest BCUT2D eigenvalue weighted by Crippen LogP contribution is 2.24. The minimum Gasteiger partial charge on any atom is -0.465 e. The zero-order valence-electron chi connectivity index (χ0n) is 23.7. The van der Waals surface area contributed by atoms with E-state index in [1.165, 1.54) is 4.90 Å². The molecule has 2 N–H and O–H groups in total. The summed E-state index contributed by atoms with van der Waals surface area (Å²) in [5, 5.41) is 22.2. The minimum absolute atomic E-state index is 0.0687. The number of nitrogens with zero attached hydrogens (tertiary/aromatic N) is 5. The fourth-order valence-corrected chi connectivity index (χ4v) is 5.11. The Hall–Kier alpha value is -2.98. The third-order valence-electron chi connectivity index (χ3n) is 6.58. The maximum Gasteiger partial charge on any atom is 0.407 e. The molecule has 0 bridgehead atoms. The summed E-state index contributed by atoms with van der Waals surface area (Å²) in [7, 11) is 1.68. The number of carbonyl (C=O) groups is 2. The summed E-state index contributed by atoms with van der Waals surface area (Å²) in [5.74, 6) is -0.00290. The van der Waals surface area contributed by atoms with Crippen LogP contribution in [0.2, 0.25) is 0 Å². The molecule has 0 aliphatic carbocycles. The highest BCUT2D eigenvalue weighted by molar-refractivity contribution is 5.93. The van der Waals surface area contributed by atoms with E-state index < -0.39 is 6.09 Å². The summed E-state index contributed by atoms with van der Waals surface area (Å²) in [4.78, 5) is 29.5. The first kappa shape index (κ1) is 29.6. The van der Waals surface area contributed by atoms with E-state index in [-0.39, 0.29) is 36.0 Å². The first-order chi connectivity index (χ1) is 18.0. The number of benzene rings is 1. The molecule has 2 amide bonds. The molecule has 2 heterocycles. The molecular formula is C28H44N6O4. The van der Waals surface area contributed by atoms with Gasteiger partial charge in [-0.3, -0.25) is 4.79 Å². The largest absolute Gasteiger partial charge is 0.465 e. The predicted octanol–water partition coefficient (Wildman–Crippen LogP) is 3.84. The van der Waals surface area contributed by atoms with Crippen LogP contribution >= 0.6 is 0 Å². The van der Waals surface area contributed by atoms with E-state index in [4.69, 9.17) is 4.74 Å². The fourth-order valence-electron chi connectivity index (χ4n) is 5.11. The maximum absolute atomic E-state index is 14.2. The van der Waals surface area contributed by atoms with Crippen molar-refractivity contribution >= 4 is 12.0 Å². The normalized spacial score (nSPS) is 18.1. The van der Waals surface area contributed by atoms with Crippen LogP contribution in [0.5, 0.6) is 0 Å². The van der Waals surface area contributed by atoms with E-state index in [1.807, 2.05) is 35.2 Å². The molecule has 10 heteroatoms. The average Bonchev–Trinajstić information content (AvgIpc) is 3.27. The summed E-state index contributed by atoms with van der Waals surface area (Å²) in [6, 6.07) is 9.35. The van der Waals surface area contributed by atoms with Gasteiger partial charge in [-0.15, -0.1) is 5.10 Å². The van der Waals surface area contributed by atoms with Crippen molar-refractivity contribution in [3.63, 3.8) is 0 Å². The lowest BCUT2D eigenvalue weighted by Crippen LogP contribution is -2.61. The molecule has 0 radical (unpaired) electrons. The highest BCUT2D eigenvalue weighted by atomic mass is 16.5. The molecule has 1 aliphatic heterocycles. The van der Waals surface area contributed by atoms with Crippen LogP contribution < -0.4 is 5.32 Å². The van der Waals surface area contributed by atoms with E-state index in [1.54, 1.807) is 11.8 Å². The maximum atomic E-state index is 14.2. The van der Waals surface area contributed by atoms with Gasteiger partial charge in [-0.05, 0) is 64.5 Å². The number of likely N-dealkylation sites (tertiary alicyclic amines) is 1. The van der Waals surface area contributed by atoms with Crippen molar-refractivity contribution in [3.05, 3.63) is 41.7 Å². The molecule has 0 spiro atoms. The van der Waals surface area contributed by atoms with Crippen molar-refractivity contribution in [2.45, 2.75) is 77.9 Å². The zero-order valence-corrected chi connectivity index (χ0v) is 23.7. The second-order valence-corrected chi connectivity index (χ2v) is 11.6. The Balaban J connectivity index is 1.97. The van der Waals surface area contributed by atoms with Gasteiger partial charge in [0, 0.05) is 44.9 Å². The number of methoxy groups -OCH3 is 1. The van der Waals surface area contributed by atoms with Crippen molar-refractivity contribution in [3.8, 4) is 5.69 Å². The number of ether oxygens (including phenoxy) is 1. The fraction of sp³-hybridized carbons (Fsp3) is 0.643. The summed E-state index contributed by atoms with van der Waals surface area (Å²) in [6.45, 7) is 12.1. The van der Waals surface area contributed by atoms with Gasteiger partial charge >= 0.3 is 6.09 Å². The lowest BCUT2D eigenvalue weighted by Gasteiger charge is -2.44. The van der Waals surface area contributed by atoms with Gasteiger partial charge in [0.2, 0.25) is 0 Å². The topological polar surface area (TPSA) is 113 Å². The van der Waals surface area contributed by atoms with Crippen LogP contribution in [0.25, 0.3) is 5.69 Å². The van der Waals surface area contributed by atoms with Gasteiger partial charge < -0.3 is 25.0 Å². The number of rotatable bonds is 11. The molecule has 3 rings (SSSR count). The smallest absolute Gasteiger partial charge is 0.407 e. The Labute approximate surface area is 226 Å². The number of aromatic nitrogens is 3. The van der Waals surface area contributed by atoms with Gasteiger partial charge in [0.25, 0.3) is 5.91 Å². The summed E-state index contributed by atoms with van der Waals surface area (Å²) >= 11 is 0. The van der Waals surface area contributed by atoms with E-state index >= 15 is 0 Å². The molecule has 2 atom stereocenters. The number of para-hydroxylation sites is 1. The molecule has 1 saturated heterocycles. The Morgan fingerprint density at radius 3 is 2.50 bits per heavy atom. The van der Waals surface area contributed by atoms with Gasteiger partial charge in [0.05, 0.1) is 17.4 Å². The van der Waals surface area contributed by atoms with Crippen LogP contribution in [0.3, 0.4) is 0 Å². The second-order valence-electron chi connectivity index (χ2n) is 11.6. The molecule has 0 saturated carbocycles. The van der Waals surface area contributed by atoms with Crippen molar-refractivity contribution < 1.29 is 19.4 Å². The monoisotopic (exact) mass is 528 g/mol. The summed E-state index contributed by atoms with van der Waals surface area (Å²) in [5.41, 5.74) is 1.76. The van der Waals surface area contributed by atoms with E-state index in [0.717, 1.165) is 24.2 Å². The molecular weight excluding hydrogens is 484 g/mol. The lowest BCUT2D eigenvalue weighted by atomic mass is 9.95. The number of piperidine rings is 1. The van der Waals surface area contributed by atoms with Crippen molar-refractivity contribution in [2.24, 2.45) is 5.92 Å². The van der Waals surface area contributed by atoms with Crippen molar-refractivity contribution in [1.82, 2.24) is 30.1 Å². The molecule has 10 nitrogen and oxygen atoms in total. The standard InChI is InChI=1S/C28H44N6O4/c1-20(2)17-33(23-16-21(29-28(3,4)5)18-32(19-23)27(36)37)26(35)25-24(14-10-11-15-38-6)34(31-30-25)22-12-8-7-9-13-22/h7-9,12-13,20-21,23,29H,10-11,14-19H2,1-6H3,(H,36,37)/t21-,23+/m1/s1. The molecule has 1 aromatic heterocycles. The number of amides is 2. The van der Waals surface area contributed by atoms with Crippen molar-refractivity contribution in [1.29, 1.82) is 0 Å². The van der Waals surface area contributed by atoms with Gasteiger partial charge in [0.15, 0.2) is 5.69 Å². The average molecular weight is 529 g/mol. The van der Waals surface area contributed by atoms with Crippen LogP contribution in [0.4, 0.5) is 4.79 Å². The molecule has 1 aromatic carbocycles. The summed E-state index contributed by atoms with van der Waals surface area (Å²) in [6.07, 6.45) is 2.00. The van der Waals surface area contributed by atoms with Gasteiger partial charge in [-0.2, -0.15) is 0 Å². The van der Waals surface area contributed by atoms with Crippen LogP contribution in [0.1, 0.15) is 70.1 Å². The van der Waals surface area contributed by atoms with Gasteiger partial charge in [-0.25, -0.2) is 9.48 Å². The Kier molecular flexibility index (Phi) is 10.3. The molecule has 2 aromatic rings. The van der Waals surface area contributed by atoms with Crippen LogP contribution in [0, 0.1) is 5.92 Å². The number of unbranched alkanes of at least 4 members (excludes halogenated alkanes) is 1. The van der Waals surface area contributed by atoms with Gasteiger partial charge in [0.1, 0.15) is 0 Å². The molecule has 1 aliphatic rings. The number of carboxylic acid groups (broad SMARTS) is 1. The first-order valence-electron chi connectivity index (χ1n) is 13.6. The number of hydrogen-bond donors (Lipinski definition) is 2. The Bertz CT molecular complexity index is 1050. The highest BCUT2D eigenvalue weighted by Gasteiger charge is 2.38. The number of carbonyl (C=O) groups excluding carboxylic acids is 1. The van der Waals surface area contributed by atoms with E-state index in [0.29, 0.717) is 38.2 Å². The molecule has 1 fully saturated rings. The first-order valence-corrected chi connectivity index (χ1v) is 13.6. The quantitative estimate of drug-likeness (QED) is 0.426. The Morgan fingerprint density at radius 2 is 1.89 bits per heavy atom. The van der Waals surface area contributed by atoms with E-state index in [2.05, 4.69) is 50.2 Å². The van der Waals surface area contributed by atoms with E-state index in [9.17, 15) is 14.7 Å². The molecule has 210 valence electrons. The predicted molar refractivity (Wildman–Crippen MR) is 147 cm³/mol. The minimum atomic E-state index is -0.971. The van der Waals surface area contributed by atoms with Crippen LogP contribution in [-0.4, -0.2) is 92.9 Å². The molecule has 38 heavy (non-hydrogen) atoms. The second kappa shape index (κ2) is 13.2. The Morgan fingerprint density at radius 1 is 1.18 bits per heavy atom. The van der Waals surface area contributed by atoms with Crippen LogP contribution in [-0.2, 0) is 11.2 Å².